The first-order valence-corrected chi connectivity index (χ1v) is 12.3. The molecule has 0 fully saturated rings. The van der Waals surface area contributed by atoms with Gasteiger partial charge in [0.05, 0.1) is 0 Å². The monoisotopic (exact) mass is 452 g/mol. The highest BCUT2D eigenvalue weighted by atomic mass is 32.1. The summed E-state index contributed by atoms with van der Waals surface area (Å²) in [5.74, 6) is 3.62. The van der Waals surface area contributed by atoms with Crippen LogP contribution in [0.4, 0.5) is 0 Å². The lowest BCUT2D eigenvalue weighted by Gasteiger charge is -2.33. The van der Waals surface area contributed by atoms with E-state index in [1.54, 1.807) is 0 Å². The van der Waals surface area contributed by atoms with Crippen LogP contribution in [0.25, 0.3) is 31.3 Å². The van der Waals surface area contributed by atoms with E-state index in [9.17, 15) is 0 Å². The zero-order valence-corrected chi connectivity index (χ0v) is 18.9. The summed E-state index contributed by atoms with van der Waals surface area (Å²) in [6.45, 7) is 0.0847. The Morgan fingerprint density at radius 3 is 2.18 bits per heavy atom. The minimum atomic E-state index is 0.0847. The van der Waals surface area contributed by atoms with Gasteiger partial charge in [0.25, 0.3) is 6.71 Å². The molecule has 158 valence electrons. The molecule has 0 unspecified atom stereocenters. The highest BCUT2D eigenvalue weighted by Gasteiger charge is 2.40. The third-order valence-corrected chi connectivity index (χ3v) is 8.25. The number of para-hydroxylation sites is 2. The standard InChI is InChI=1S/C30H17BO2S/c1-4-17-27-18(8-1)20-10-5-11-21(30(20)34-27)19-9-6-13-23-29(19)33-26-16-7-15-25-28(26)31(23)22-12-2-3-14-24(22)32-25/h1-17H. The van der Waals surface area contributed by atoms with E-state index in [-0.39, 0.29) is 6.71 Å². The molecule has 0 spiro atoms. The van der Waals surface area contributed by atoms with Gasteiger partial charge in [-0.15, -0.1) is 11.3 Å². The zero-order valence-electron chi connectivity index (χ0n) is 18.1. The van der Waals surface area contributed by atoms with Crippen molar-refractivity contribution < 1.29 is 9.47 Å². The number of rotatable bonds is 1. The average molecular weight is 452 g/mol. The maximum atomic E-state index is 6.67. The van der Waals surface area contributed by atoms with Gasteiger partial charge in [0.2, 0.25) is 0 Å². The number of thiophene rings is 1. The molecule has 2 aliphatic rings. The summed E-state index contributed by atoms with van der Waals surface area (Å²) in [5.41, 5.74) is 5.84. The SMILES string of the molecule is c1ccc2c(c1)Oc1cccc3c1B2c1cccc(-c2cccc4c2sc2ccccc24)c1O3. The Morgan fingerprint density at radius 1 is 0.529 bits per heavy atom. The van der Waals surface area contributed by atoms with Crippen LogP contribution in [-0.2, 0) is 0 Å². The fraction of sp³-hybridized carbons (Fsp3) is 0. The van der Waals surface area contributed by atoms with E-state index in [1.165, 1.54) is 36.7 Å². The van der Waals surface area contributed by atoms with Crippen LogP contribution in [0.15, 0.2) is 103 Å². The molecular weight excluding hydrogens is 435 g/mol. The highest BCUT2D eigenvalue weighted by Crippen LogP contribution is 2.44. The highest BCUT2D eigenvalue weighted by molar-refractivity contribution is 7.26. The normalized spacial score (nSPS) is 13.1. The van der Waals surface area contributed by atoms with Crippen molar-refractivity contribution in [3.05, 3.63) is 103 Å². The molecular formula is C30H17BO2S. The van der Waals surface area contributed by atoms with Crippen molar-refractivity contribution in [2.24, 2.45) is 0 Å². The van der Waals surface area contributed by atoms with Gasteiger partial charge in [0, 0.05) is 36.8 Å². The van der Waals surface area contributed by atoms with Crippen LogP contribution in [0.5, 0.6) is 23.0 Å². The fourth-order valence-corrected chi connectivity index (χ4v) is 6.80. The Morgan fingerprint density at radius 2 is 1.21 bits per heavy atom. The molecule has 0 saturated carbocycles. The van der Waals surface area contributed by atoms with E-state index in [1.807, 2.05) is 29.5 Å². The van der Waals surface area contributed by atoms with E-state index in [0.29, 0.717) is 0 Å². The molecule has 34 heavy (non-hydrogen) atoms. The smallest absolute Gasteiger partial charge is 0.260 e. The molecule has 2 nitrogen and oxygen atoms in total. The lowest BCUT2D eigenvalue weighted by atomic mass is 9.34. The first kappa shape index (κ1) is 18.4. The summed E-state index contributed by atoms with van der Waals surface area (Å²) in [4.78, 5) is 0. The first-order valence-electron chi connectivity index (χ1n) is 11.5. The third-order valence-electron chi connectivity index (χ3n) is 7.03. The van der Waals surface area contributed by atoms with Crippen LogP contribution < -0.4 is 25.9 Å². The van der Waals surface area contributed by atoms with Gasteiger partial charge < -0.3 is 9.47 Å². The van der Waals surface area contributed by atoms with Gasteiger partial charge in [0.15, 0.2) is 0 Å². The fourth-order valence-electron chi connectivity index (χ4n) is 5.57. The van der Waals surface area contributed by atoms with Gasteiger partial charge in [-0.25, -0.2) is 0 Å². The molecule has 0 N–H and O–H groups in total. The quantitative estimate of drug-likeness (QED) is 0.267. The molecule has 2 aliphatic heterocycles. The van der Waals surface area contributed by atoms with Crippen LogP contribution >= 0.6 is 11.3 Å². The lowest BCUT2D eigenvalue weighted by molar-refractivity contribution is 0.465. The molecule has 6 aromatic rings. The van der Waals surface area contributed by atoms with Gasteiger partial charge in [-0.2, -0.15) is 0 Å². The van der Waals surface area contributed by atoms with Crippen LogP contribution in [0.3, 0.4) is 0 Å². The van der Waals surface area contributed by atoms with Crippen molar-refractivity contribution in [2.45, 2.75) is 0 Å². The molecule has 5 aromatic carbocycles. The Labute approximate surface area is 201 Å². The predicted octanol–water partition coefficient (Wildman–Crippen LogP) is 6.45. The van der Waals surface area contributed by atoms with Gasteiger partial charge in [0.1, 0.15) is 23.0 Å². The van der Waals surface area contributed by atoms with Crippen LogP contribution in [0.1, 0.15) is 0 Å². The molecule has 0 saturated heterocycles. The van der Waals surface area contributed by atoms with Gasteiger partial charge in [-0.3, -0.25) is 0 Å². The number of hydrogen-bond donors (Lipinski definition) is 0. The number of hydrogen-bond acceptors (Lipinski definition) is 3. The molecule has 0 radical (unpaired) electrons. The van der Waals surface area contributed by atoms with E-state index in [2.05, 4.69) is 84.9 Å². The Bertz CT molecular complexity index is 1780. The van der Waals surface area contributed by atoms with Crippen molar-refractivity contribution in [3.8, 4) is 34.1 Å². The Hall–Kier alpha value is -4.02. The second kappa shape index (κ2) is 6.75. The molecule has 0 atom stereocenters. The summed E-state index contributed by atoms with van der Waals surface area (Å²) < 4.78 is 15.5. The topological polar surface area (TPSA) is 18.5 Å². The predicted molar refractivity (Wildman–Crippen MR) is 142 cm³/mol. The molecule has 0 amide bonds. The number of ether oxygens (including phenoxy) is 2. The summed E-state index contributed by atoms with van der Waals surface area (Å²) in [5, 5.41) is 2.61. The summed E-state index contributed by atoms with van der Waals surface area (Å²) in [6.07, 6.45) is 0. The van der Waals surface area contributed by atoms with Crippen molar-refractivity contribution in [1.82, 2.24) is 0 Å². The number of benzene rings is 5. The Balaban J connectivity index is 1.42. The zero-order chi connectivity index (χ0) is 22.2. The van der Waals surface area contributed by atoms with E-state index >= 15 is 0 Å². The van der Waals surface area contributed by atoms with E-state index < -0.39 is 0 Å². The van der Waals surface area contributed by atoms with Gasteiger partial charge >= 0.3 is 0 Å². The van der Waals surface area contributed by atoms with Crippen molar-refractivity contribution in [3.63, 3.8) is 0 Å². The molecule has 0 aliphatic carbocycles. The van der Waals surface area contributed by atoms with Crippen LogP contribution in [0.2, 0.25) is 0 Å². The first-order chi connectivity index (χ1) is 16.9. The molecule has 8 rings (SSSR count). The molecule has 4 heteroatoms. The van der Waals surface area contributed by atoms with Crippen LogP contribution in [0, 0.1) is 0 Å². The lowest BCUT2D eigenvalue weighted by Crippen LogP contribution is -2.57. The second-order valence-electron chi connectivity index (χ2n) is 8.85. The maximum Gasteiger partial charge on any atom is 0.260 e. The number of fused-ring (bicyclic) bond motifs is 7. The van der Waals surface area contributed by atoms with Crippen LogP contribution in [-0.4, -0.2) is 6.71 Å². The van der Waals surface area contributed by atoms with Gasteiger partial charge in [-0.1, -0.05) is 78.9 Å². The van der Waals surface area contributed by atoms with Crippen molar-refractivity contribution in [1.29, 1.82) is 0 Å². The largest absolute Gasteiger partial charge is 0.458 e. The molecule has 1 aromatic heterocycles. The van der Waals surface area contributed by atoms with Crippen molar-refractivity contribution in [2.75, 3.05) is 0 Å². The summed E-state index contributed by atoms with van der Waals surface area (Å²) in [6, 6.07) is 36.3. The molecule has 3 heterocycles. The van der Waals surface area contributed by atoms with Crippen molar-refractivity contribution >= 4 is 54.6 Å². The second-order valence-corrected chi connectivity index (χ2v) is 9.90. The van der Waals surface area contributed by atoms with E-state index in [0.717, 1.165) is 34.0 Å². The maximum absolute atomic E-state index is 6.67. The minimum absolute atomic E-state index is 0.0847. The van der Waals surface area contributed by atoms with Gasteiger partial charge in [-0.05, 0) is 35.2 Å². The minimum Gasteiger partial charge on any atom is -0.458 e. The molecule has 0 bridgehead atoms. The Kier molecular flexibility index (Phi) is 3.66. The summed E-state index contributed by atoms with van der Waals surface area (Å²) >= 11 is 1.85. The average Bonchev–Trinajstić information content (AvgIpc) is 3.27. The summed E-state index contributed by atoms with van der Waals surface area (Å²) in [7, 11) is 0. The third kappa shape index (κ3) is 2.41. The van der Waals surface area contributed by atoms with E-state index in [4.69, 9.17) is 9.47 Å².